The molecule has 9 heteroatoms. The zero-order valence-electron chi connectivity index (χ0n) is 15.2. The molecule has 0 aliphatic carbocycles. The molecule has 0 unspecified atom stereocenters. The number of primary sulfonamides is 1. The summed E-state index contributed by atoms with van der Waals surface area (Å²) in [6.07, 6.45) is 1.29. The summed E-state index contributed by atoms with van der Waals surface area (Å²) in [5, 5.41) is 10.5. The van der Waals surface area contributed by atoms with Crippen molar-refractivity contribution in [3.63, 3.8) is 0 Å². The summed E-state index contributed by atoms with van der Waals surface area (Å²) in [7, 11) is -3.71. The summed E-state index contributed by atoms with van der Waals surface area (Å²) in [5.74, 6) is -0.867. The highest BCUT2D eigenvalue weighted by Crippen LogP contribution is 2.09. The third-order valence-electron chi connectivity index (χ3n) is 3.96. The molecule has 0 atom stereocenters. The molecule has 28 heavy (non-hydrogen) atoms. The van der Waals surface area contributed by atoms with Crippen molar-refractivity contribution < 1.29 is 22.4 Å². The van der Waals surface area contributed by atoms with Gasteiger partial charge in [0.05, 0.1) is 4.90 Å². The average molecular weight is 407 g/mol. The van der Waals surface area contributed by atoms with Crippen LogP contribution in [-0.2, 0) is 21.2 Å². The van der Waals surface area contributed by atoms with Crippen molar-refractivity contribution in [2.75, 3.05) is 13.1 Å². The monoisotopic (exact) mass is 407 g/mol. The third-order valence-corrected chi connectivity index (χ3v) is 4.89. The summed E-state index contributed by atoms with van der Waals surface area (Å²) in [6, 6.07) is 11.4. The van der Waals surface area contributed by atoms with Gasteiger partial charge in [0.15, 0.2) is 0 Å². The number of carbonyl (C=O) groups is 2. The minimum absolute atomic E-state index is 0.0444. The summed E-state index contributed by atoms with van der Waals surface area (Å²) >= 11 is 0. The Morgan fingerprint density at radius 3 is 2.18 bits per heavy atom. The highest BCUT2D eigenvalue weighted by Gasteiger charge is 2.08. The second-order valence-corrected chi connectivity index (χ2v) is 7.72. The van der Waals surface area contributed by atoms with Gasteiger partial charge in [-0.25, -0.2) is 17.9 Å². The van der Waals surface area contributed by atoms with Crippen LogP contribution < -0.4 is 15.8 Å². The van der Waals surface area contributed by atoms with Crippen LogP contribution in [0, 0.1) is 5.82 Å². The first kappa shape index (κ1) is 21.5. The lowest BCUT2D eigenvalue weighted by Crippen LogP contribution is -2.28. The first-order chi connectivity index (χ1) is 13.3. The fourth-order valence-corrected chi connectivity index (χ4v) is 2.95. The lowest BCUT2D eigenvalue weighted by molar-refractivity contribution is -0.121. The van der Waals surface area contributed by atoms with E-state index in [1.165, 1.54) is 36.4 Å². The molecule has 4 N–H and O–H groups in total. The van der Waals surface area contributed by atoms with Gasteiger partial charge in [-0.05, 0) is 54.8 Å². The third kappa shape index (κ3) is 7.09. The van der Waals surface area contributed by atoms with Crippen LogP contribution in [0.4, 0.5) is 4.39 Å². The highest BCUT2D eigenvalue weighted by molar-refractivity contribution is 7.89. The Morgan fingerprint density at radius 1 is 0.929 bits per heavy atom. The van der Waals surface area contributed by atoms with E-state index in [1.54, 1.807) is 12.1 Å². The first-order valence-electron chi connectivity index (χ1n) is 8.68. The molecule has 0 heterocycles. The number of halogens is 1. The molecule has 2 aromatic carbocycles. The fraction of sp³-hybridized carbons (Fsp3) is 0.263. The van der Waals surface area contributed by atoms with Gasteiger partial charge in [0.2, 0.25) is 15.9 Å². The van der Waals surface area contributed by atoms with E-state index in [1.807, 2.05) is 0 Å². The molecule has 7 nitrogen and oxygen atoms in total. The van der Waals surface area contributed by atoms with Crippen LogP contribution in [0.5, 0.6) is 0 Å². The van der Waals surface area contributed by atoms with Gasteiger partial charge in [-0.2, -0.15) is 0 Å². The zero-order chi connectivity index (χ0) is 20.6. The molecule has 2 rings (SSSR count). The largest absolute Gasteiger partial charge is 0.356 e. The van der Waals surface area contributed by atoms with Gasteiger partial charge >= 0.3 is 0 Å². The van der Waals surface area contributed by atoms with Crippen LogP contribution in [0.1, 0.15) is 28.8 Å². The average Bonchev–Trinajstić information content (AvgIpc) is 2.65. The normalized spacial score (nSPS) is 11.1. The number of nitrogens with two attached hydrogens (primary N) is 1. The molecule has 0 spiro atoms. The standard InChI is InChI=1S/C19H22FN3O4S/c20-16-7-5-15(6-8-16)19(25)23-12-1-2-18(24)22-13-11-14-3-9-17(10-4-14)28(21,26)27/h3-10H,1-2,11-13H2,(H,22,24)(H,23,25)(H2,21,26,27). The van der Waals surface area contributed by atoms with E-state index in [2.05, 4.69) is 10.6 Å². The molecule has 2 aromatic rings. The SMILES string of the molecule is NS(=O)(=O)c1ccc(CCNC(=O)CCCNC(=O)c2ccc(F)cc2)cc1. The maximum absolute atomic E-state index is 12.8. The van der Waals surface area contributed by atoms with Gasteiger partial charge in [0, 0.05) is 25.1 Å². The molecule has 2 amide bonds. The molecule has 0 saturated heterocycles. The van der Waals surface area contributed by atoms with Gasteiger partial charge in [0.25, 0.3) is 5.91 Å². The van der Waals surface area contributed by atoms with Crippen LogP contribution in [0.3, 0.4) is 0 Å². The Kier molecular flexibility index (Phi) is 7.65. The fourth-order valence-electron chi connectivity index (χ4n) is 2.43. The van der Waals surface area contributed by atoms with Crippen molar-refractivity contribution in [2.24, 2.45) is 5.14 Å². The Labute approximate surface area is 163 Å². The molecule has 0 bridgehead atoms. The molecular weight excluding hydrogens is 385 g/mol. The molecular formula is C19H22FN3O4S. The van der Waals surface area contributed by atoms with E-state index >= 15 is 0 Å². The van der Waals surface area contributed by atoms with Crippen molar-refractivity contribution in [2.45, 2.75) is 24.2 Å². The van der Waals surface area contributed by atoms with Crippen LogP contribution in [-0.4, -0.2) is 33.3 Å². The van der Waals surface area contributed by atoms with Crippen LogP contribution in [0.15, 0.2) is 53.4 Å². The Hall–Kier alpha value is -2.78. The van der Waals surface area contributed by atoms with E-state index in [-0.39, 0.29) is 23.1 Å². The first-order valence-corrected chi connectivity index (χ1v) is 10.2. The molecule has 150 valence electrons. The van der Waals surface area contributed by atoms with Gasteiger partial charge < -0.3 is 10.6 Å². The molecule has 0 aliphatic rings. The van der Waals surface area contributed by atoms with Crippen LogP contribution >= 0.6 is 0 Å². The molecule has 0 saturated carbocycles. The minimum atomic E-state index is -3.71. The summed E-state index contributed by atoms with van der Waals surface area (Å²) < 4.78 is 35.2. The van der Waals surface area contributed by atoms with Gasteiger partial charge in [0.1, 0.15) is 5.82 Å². The van der Waals surface area contributed by atoms with E-state index in [0.29, 0.717) is 31.5 Å². The van der Waals surface area contributed by atoms with Gasteiger partial charge in [-0.3, -0.25) is 9.59 Å². The maximum Gasteiger partial charge on any atom is 0.251 e. The lowest BCUT2D eigenvalue weighted by atomic mass is 10.1. The van der Waals surface area contributed by atoms with E-state index in [9.17, 15) is 22.4 Å². The quantitative estimate of drug-likeness (QED) is 0.544. The highest BCUT2D eigenvalue weighted by atomic mass is 32.2. The van der Waals surface area contributed by atoms with Crippen molar-refractivity contribution in [3.05, 3.63) is 65.5 Å². The molecule has 0 fully saturated rings. The van der Waals surface area contributed by atoms with Crippen LogP contribution in [0.25, 0.3) is 0 Å². The number of hydrogen-bond donors (Lipinski definition) is 3. The lowest BCUT2D eigenvalue weighted by Gasteiger charge is -2.07. The number of sulfonamides is 1. The number of carbonyl (C=O) groups excluding carboxylic acids is 2. The number of benzene rings is 2. The van der Waals surface area contributed by atoms with Crippen LogP contribution in [0.2, 0.25) is 0 Å². The van der Waals surface area contributed by atoms with E-state index < -0.39 is 15.8 Å². The molecule has 0 aromatic heterocycles. The second kappa shape index (κ2) is 9.95. The van der Waals surface area contributed by atoms with Crippen molar-refractivity contribution in [1.82, 2.24) is 10.6 Å². The summed E-state index contributed by atoms with van der Waals surface area (Å²) in [6.45, 7) is 0.744. The number of hydrogen-bond acceptors (Lipinski definition) is 4. The minimum Gasteiger partial charge on any atom is -0.356 e. The second-order valence-electron chi connectivity index (χ2n) is 6.16. The van der Waals surface area contributed by atoms with Gasteiger partial charge in [-0.15, -0.1) is 0 Å². The van der Waals surface area contributed by atoms with Crippen molar-refractivity contribution in [1.29, 1.82) is 0 Å². The Balaban J connectivity index is 1.62. The maximum atomic E-state index is 12.8. The number of nitrogens with one attached hydrogen (secondary N) is 2. The predicted molar refractivity (Wildman–Crippen MR) is 102 cm³/mol. The summed E-state index contributed by atoms with van der Waals surface area (Å²) in [4.78, 5) is 23.7. The van der Waals surface area contributed by atoms with Gasteiger partial charge in [-0.1, -0.05) is 12.1 Å². The number of rotatable bonds is 9. The number of amides is 2. The Bertz CT molecular complexity index is 913. The Morgan fingerprint density at radius 2 is 1.57 bits per heavy atom. The van der Waals surface area contributed by atoms with E-state index in [4.69, 9.17) is 5.14 Å². The summed E-state index contributed by atoms with van der Waals surface area (Å²) in [5.41, 5.74) is 1.23. The van der Waals surface area contributed by atoms with Crippen molar-refractivity contribution >= 4 is 21.8 Å². The molecule has 0 radical (unpaired) electrons. The topological polar surface area (TPSA) is 118 Å². The predicted octanol–water partition coefficient (Wildman–Crippen LogP) is 1.34. The smallest absolute Gasteiger partial charge is 0.251 e. The van der Waals surface area contributed by atoms with Crippen molar-refractivity contribution in [3.8, 4) is 0 Å². The zero-order valence-corrected chi connectivity index (χ0v) is 16.0. The van der Waals surface area contributed by atoms with E-state index in [0.717, 1.165) is 5.56 Å². The molecule has 0 aliphatic heterocycles.